The summed E-state index contributed by atoms with van der Waals surface area (Å²) >= 11 is 0. The highest BCUT2D eigenvalue weighted by molar-refractivity contribution is 4.80. The summed E-state index contributed by atoms with van der Waals surface area (Å²) in [7, 11) is 0. The average molecular weight is 213 g/mol. The summed E-state index contributed by atoms with van der Waals surface area (Å²) in [4.78, 5) is 0. The van der Waals surface area contributed by atoms with Crippen molar-refractivity contribution in [2.24, 2.45) is 0 Å². The molecule has 15 heavy (non-hydrogen) atoms. The van der Waals surface area contributed by atoms with Crippen LogP contribution in [0.25, 0.3) is 0 Å². The molecule has 0 amide bonds. The number of ether oxygens (including phenoxy) is 1. The smallest absolute Gasteiger partial charge is 0.242 e. The van der Waals surface area contributed by atoms with E-state index in [0.29, 0.717) is 25.0 Å². The van der Waals surface area contributed by atoms with Crippen molar-refractivity contribution in [3.05, 3.63) is 11.8 Å². The van der Waals surface area contributed by atoms with Gasteiger partial charge in [-0.2, -0.15) is 0 Å². The third-order valence-electron chi connectivity index (χ3n) is 1.93. The van der Waals surface area contributed by atoms with E-state index in [4.69, 9.17) is 9.15 Å². The molecule has 1 N–H and O–H groups in total. The minimum Gasteiger partial charge on any atom is -0.423 e. The summed E-state index contributed by atoms with van der Waals surface area (Å²) in [5.74, 6) is 1.26. The maximum absolute atomic E-state index is 5.39. The van der Waals surface area contributed by atoms with Crippen LogP contribution in [0.15, 0.2) is 4.42 Å². The number of aryl methyl sites for hydroxylation is 1. The first-order valence-corrected chi connectivity index (χ1v) is 5.46. The maximum Gasteiger partial charge on any atom is 0.242 e. The topological polar surface area (TPSA) is 60.2 Å². The third kappa shape index (κ3) is 4.90. The standard InChI is InChI=1S/C10H19N3O2/c1-3-11-7-5-6-9-12-13-10(15-9)8-14-4-2/h11H,3-8H2,1-2H3. The van der Waals surface area contributed by atoms with Gasteiger partial charge in [0.05, 0.1) is 0 Å². The molecular formula is C10H19N3O2. The number of hydrogen-bond acceptors (Lipinski definition) is 5. The minimum atomic E-state index is 0.413. The van der Waals surface area contributed by atoms with Crippen LogP contribution >= 0.6 is 0 Å². The van der Waals surface area contributed by atoms with Crippen LogP contribution in [0, 0.1) is 0 Å². The molecule has 0 unspecified atom stereocenters. The molecule has 0 saturated carbocycles. The van der Waals surface area contributed by atoms with E-state index in [1.165, 1.54) is 0 Å². The van der Waals surface area contributed by atoms with Crippen LogP contribution in [0.1, 0.15) is 32.0 Å². The van der Waals surface area contributed by atoms with Crippen molar-refractivity contribution in [2.75, 3.05) is 19.7 Å². The summed E-state index contributed by atoms with van der Waals surface area (Å²) in [6, 6.07) is 0. The molecule has 1 aromatic heterocycles. The molecule has 0 aliphatic rings. The van der Waals surface area contributed by atoms with E-state index in [1.54, 1.807) is 0 Å². The van der Waals surface area contributed by atoms with Crippen molar-refractivity contribution in [1.82, 2.24) is 15.5 Å². The van der Waals surface area contributed by atoms with Gasteiger partial charge >= 0.3 is 0 Å². The number of rotatable bonds is 8. The molecule has 0 aromatic carbocycles. The van der Waals surface area contributed by atoms with Gasteiger partial charge < -0.3 is 14.5 Å². The Morgan fingerprint density at radius 3 is 2.80 bits per heavy atom. The molecule has 0 atom stereocenters. The Morgan fingerprint density at radius 2 is 2.07 bits per heavy atom. The Balaban J connectivity index is 2.20. The van der Waals surface area contributed by atoms with Crippen LogP contribution in [-0.4, -0.2) is 29.9 Å². The van der Waals surface area contributed by atoms with Crippen molar-refractivity contribution in [3.8, 4) is 0 Å². The second kappa shape index (κ2) is 7.36. The molecule has 0 fully saturated rings. The monoisotopic (exact) mass is 213 g/mol. The van der Waals surface area contributed by atoms with E-state index < -0.39 is 0 Å². The first kappa shape index (κ1) is 12.1. The van der Waals surface area contributed by atoms with E-state index in [-0.39, 0.29) is 0 Å². The highest BCUT2D eigenvalue weighted by Gasteiger charge is 2.04. The van der Waals surface area contributed by atoms with Crippen molar-refractivity contribution in [1.29, 1.82) is 0 Å². The van der Waals surface area contributed by atoms with Crippen molar-refractivity contribution < 1.29 is 9.15 Å². The van der Waals surface area contributed by atoms with E-state index in [0.717, 1.165) is 25.9 Å². The summed E-state index contributed by atoms with van der Waals surface area (Å²) in [5.41, 5.74) is 0. The van der Waals surface area contributed by atoms with Crippen LogP contribution < -0.4 is 5.32 Å². The second-order valence-electron chi connectivity index (χ2n) is 3.18. The van der Waals surface area contributed by atoms with E-state index in [2.05, 4.69) is 22.4 Å². The molecule has 5 heteroatoms. The van der Waals surface area contributed by atoms with Gasteiger partial charge in [-0.1, -0.05) is 6.92 Å². The Hall–Kier alpha value is -0.940. The summed E-state index contributed by atoms with van der Waals surface area (Å²) < 4.78 is 10.6. The molecule has 1 heterocycles. The zero-order valence-corrected chi connectivity index (χ0v) is 9.45. The Labute approximate surface area is 90.2 Å². The molecule has 86 valence electrons. The van der Waals surface area contributed by atoms with Crippen LogP contribution in [0.4, 0.5) is 0 Å². The molecular weight excluding hydrogens is 194 g/mol. The van der Waals surface area contributed by atoms with Gasteiger partial charge in [-0.15, -0.1) is 10.2 Å². The van der Waals surface area contributed by atoms with Gasteiger partial charge in [0.1, 0.15) is 6.61 Å². The van der Waals surface area contributed by atoms with Crippen molar-refractivity contribution in [2.45, 2.75) is 33.3 Å². The molecule has 5 nitrogen and oxygen atoms in total. The number of nitrogens with one attached hydrogen (secondary N) is 1. The van der Waals surface area contributed by atoms with Crippen molar-refractivity contribution >= 4 is 0 Å². The minimum absolute atomic E-state index is 0.413. The normalized spacial score (nSPS) is 10.8. The lowest BCUT2D eigenvalue weighted by atomic mass is 10.3. The first-order chi connectivity index (χ1) is 7.36. The molecule has 0 bridgehead atoms. The number of hydrogen-bond donors (Lipinski definition) is 1. The van der Waals surface area contributed by atoms with Crippen LogP contribution in [-0.2, 0) is 17.8 Å². The fourth-order valence-electron chi connectivity index (χ4n) is 1.18. The zero-order valence-electron chi connectivity index (χ0n) is 9.45. The van der Waals surface area contributed by atoms with Gasteiger partial charge in [-0.3, -0.25) is 0 Å². The fraction of sp³-hybridized carbons (Fsp3) is 0.800. The molecule has 0 saturated heterocycles. The zero-order chi connectivity index (χ0) is 10.9. The van der Waals surface area contributed by atoms with Gasteiger partial charge in [-0.05, 0) is 26.4 Å². The highest BCUT2D eigenvalue weighted by atomic mass is 16.5. The van der Waals surface area contributed by atoms with E-state index >= 15 is 0 Å². The highest BCUT2D eigenvalue weighted by Crippen LogP contribution is 2.03. The number of aromatic nitrogens is 2. The lowest BCUT2D eigenvalue weighted by molar-refractivity contribution is 0.113. The maximum atomic E-state index is 5.39. The molecule has 1 rings (SSSR count). The Morgan fingerprint density at radius 1 is 1.27 bits per heavy atom. The second-order valence-corrected chi connectivity index (χ2v) is 3.18. The predicted octanol–water partition coefficient (Wildman–Crippen LogP) is 1.15. The van der Waals surface area contributed by atoms with E-state index in [1.807, 2.05) is 6.92 Å². The van der Waals surface area contributed by atoms with Gasteiger partial charge in [0.2, 0.25) is 11.8 Å². The molecule has 1 aromatic rings. The van der Waals surface area contributed by atoms with Gasteiger partial charge in [-0.25, -0.2) is 0 Å². The first-order valence-electron chi connectivity index (χ1n) is 5.46. The van der Waals surface area contributed by atoms with E-state index in [9.17, 15) is 0 Å². The van der Waals surface area contributed by atoms with Crippen LogP contribution in [0.3, 0.4) is 0 Å². The predicted molar refractivity (Wildman–Crippen MR) is 56.5 cm³/mol. The van der Waals surface area contributed by atoms with Crippen LogP contribution in [0.5, 0.6) is 0 Å². The van der Waals surface area contributed by atoms with Gasteiger partial charge in [0, 0.05) is 13.0 Å². The fourth-order valence-corrected chi connectivity index (χ4v) is 1.18. The number of nitrogens with zero attached hydrogens (tertiary/aromatic N) is 2. The van der Waals surface area contributed by atoms with Gasteiger partial charge in [0.15, 0.2) is 0 Å². The summed E-state index contributed by atoms with van der Waals surface area (Å²) in [5, 5.41) is 11.1. The van der Waals surface area contributed by atoms with Crippen molar-refractivity contribution in [3.63, 3.8) is 0 Å². The molecule has 0 aliphatic heterocycles. The SMILES string of the molecule is CCNCCCc1nnc(COCC)o1. The van der Waals surface area contributed by atoms with Crippen LogP contribution in [0.2, 0.25) is 0 Å². The Kier molecular flexibility index (Phi) is 5.96. The Bertz CT molecular complexity index is 263. The lowest BCUT2D eigenvalue weighted by Gasteiger charge is -1.97. The third-order valence-corrected chi connectivity index (χ3v) is 1.93. The molecule has 0 radical (unpaired) electrons. The summed E-state index contributed by atoms with van der Waals surface area (Å²) in [6.07, 6.45) is 1.84. The largest absolute Gasteiger partial charge is 0.423 e. The van der Waals surface area contributed by atoms with Gasteiger partial charge in [0.25, 0.3) is 0 Å². The summed E-state index contributed by atoms with van der Waals surface area (Å²) in [6.45, 7) is 7.09. The molecule has 0 spiro atoms. The average Bonchev–Trinajstić information content (AvgIpc) is 2.69. The quantitative estimate of drug-likeness (QED) is 0.656. The lowest BCUT2D eigenvalue weighted by Crippen LogP contribution is -2.14. The molecule has 0 aliphatic carbocycles.